The van der Waals surface area contributed by atoms with Gasteiger partial charge in [-0.25, -0.2) is 8.42 Å². The highest BCUT2D eigenvalue weighted by atomic mass is 32.2. The number of nitrogens with zero attached hydrogens (tertiary/aromatic N) is 1. The minimum Gasteiger partial charge on any atom is -0.326 e. The maximum atomic E-state index is 13.1. The van der Waals surface area contributed by atoms with Crippen molar-refractivity contribution in [2.45, 2.75) is 31.2 Å². The van der Waals surface area contributed by atoms with E-state index in [1.54, 1.807) is 12.1 Å². The fourth-order valence-electron chi connectivity index (χ4n) is 4.51. The summed E-state index contributed by atoms with van der Waals surface area (Å²) in [6.07, 6.45) is 0.905. The Morgan fingerprint density at radius 2 is 1.53 bits per heavy atom. The summed E-state index contributed by atoms with van der Waals surface area (Å²) < 4.78 is 27.8. The van der Waals surface area contributed by atoms with E-state index >= 15 is 0 Å². The molecule has 0 atom stereocenters. The molecule has 0 aliphatic carbocycles. The van der Waals surface area contributed by atoms with Crippen molar-refractivity contribution in [3.05, 3.63) is 119 Å². The SMILES string of the molecule is Cc1ccc(S(=O)(=O)N2CCc3ccc(NC(=O)Cc4ccc(-c5ccccc5)cc4)cc3C2)cc1. The maximum Gasteiger partial charge on any atom is 0.243 e. The second-order valence-corrected chi connectivity index (χ2v) is 11.1. The van der Waals surface area contributed by atoms with E-state index in [-0.39, 0.29) is 18.9 Å². The third kappa shape index (κ3) is 5.25. The lowest BCUT2D eigenvalue weighted by Crippen LogP contribution is -2.36. The van der Waals surface area contributed by atoms with Crippen molar-refractivity contribution in [2.75, 3.05) is 11.9 Å². The molecule has 4 aromatic rings. The molecular weight excluding hydrogens is 468 g/mol. The molecule has 0 aromatic heterocycles. The van der Waals surface area contributed by atoms with Gasteiger partial charge in [0.05, 0.1) is 11.3 Å². The topological polar surface area (TPSA) is 66.5 Å². The summed E-state index contributed by atoms with van der Waals surface area (Å²) in [7, 11) is -3.58. The predicted octanol–water partition coefficient (Wildman–Crippen LogP) is 5.59. The summed E-state index contributed by atoms with van der Waals surface area (Å²) in [5.41, 5.74) is 6.91. The van der Waals surface area contributed by atoms with Gasteiger partial charge in [-0.05, 0) is 65.4 Å². The summed E-state index contributed by atoms with van der Waals surface area (Å²) in [4.78, 5) is 13.0. The molecule has 0 bridgehead atoms. The van der Waals surface area contributed by atoms with Gasteiger partial charge in [0.25, 0.3) is 0 Å². The number of carbonyl (C=O) groups is 1. The van der Waals surface area contributed by atoms with Crippen LogP contribution in [0.15, 0.2) is 102 Å². The van der Waals surface area contributed by atoms with Gasteiger partial charge in [0, 0.05) is 18.8 Å². The first kappa shape index (κ1) is 24.0. The molecule has 0 spiro atoms. The minimum absolute atomic E-state index is 0.109. The first-order valence-electron chi connectivity index (χ1n) is 12.0. The third-order valence-electron chi connectivity index (χ3n) is 6.55. The van der Waals surface area contributed by atoms with Crippen molar-refractivity contribution in [1.82, 2.24) is 4.31 Å². The number of amides is 1. The molecule has 6 heteroatoms. The Hall–Kier alpha value is -3.74. The highest BCUT2D eigenvalue weighted by Crippen LogP contribution is 2.27. The zero-order valence-corrected chi connectivity index (χ0v) is 21.0. The van der Waals surface area contributed by atoms with Gasteiger partial charge in [-0.3, -0.25) is 4.79 Å². The molecule has 1 heterocycles. The number of rotatable bonds is 6. The van der Waals surface area contributed by atoms with Crippen LogP contribution in [0.3, 0.4) is 0 Å². The van der Waals surface area contributed by atoms with Gasteiger partial charge in [0.15, 0.2) is 0 Å². The van der Waals surface area contributed by atoms with E-state index in [1.807, 2.05) is 79.7 Å². The number of hydrogen-bond acceptors (Lipinski definition) is 3. The van der Waals surface area contributed by atoms with Crippen molar-refractivity contribution >= 4 is 21.6 Å². The molecule has 4 aromatic carbocycles. The fraction of sp³-hybridized carbons (Fsp3) is 0.167. The number of nitrogens with one attached hydrogen (secondary N) is 1. The summed E-state index contributed by atoms with van der Waals surface area (Å²) in [6, 6.07) is 30.8. The number of hydrogen-bond donors (Lipinski definition) is 1. The lowest BCUT2D eigenvalue weighted by molar-refractivity contribution is -0.115. The van der Waals surface area contributed by atoms with E-state index in [9.17, 15) is 13.2 Å². The average Bonchev–Trinajstić information content (AvgIpc) is 2.89. The summed E-state index contributed by atoms with van der Waals surface area (Å²) in [6.45, 7) is 2.66. The van der Waals surface area contributed by atoms with Crippen LogP contribution in [0, 0.1) is 6.92 Å². The fourth-order valence-corrected chi connectivity index (χ4v) is 5.93. The summed E-state index contributed by atoms with van der Waals surface area (Å²) in [5, 5.41) is 2.97. The Bertz CT molecular complexity index is 1480. The molecule has 0 radical (unpaired) electrons. The van der Waals surface area contributed by atoms with Crippen molar-refractivity contribution in [3.63, 3.8) is 0 Å². The Balaban J connectivity index is 1.25. The number of benzene rings is 4. The first-order valence-corrected chi connectivity index (χ1v) is 13.5. The molecule has 0 saturated heterocycles. The molecule has 182 valence electrons. The van der Waals surface area contributed by atoms with E-state index in [4.69, 9.17) is 0 Å². The van der Waals surface area contributed by atoms with Gasteiger partial charge in [-0.2, -0.15) is 4.31 Å². The van der Waals surface area contributed by atoms with Gasteiger partial charge in [0.1, 0.15) is 0 Å². The second kappa shape index (κ2) is 10.1. The minimum atomic E-state index is -3.58. The second-order valence-electron chi connectivity index (χ2n) is 9.17. The van der Waals surface area contributed by atoms with Crippen molar-refractivity contribution in [3.8, 4) is 11.1 Å². The zero-order valence-electron chi connectivity index (χ0n) is 20.1. The highest BCUT2D eigenvalue weighted by Gasteiger charge is 2.28. The number of anilines is 1. The summed E-state index contributed by atoms with van der Waals surface area (Å²) in [5.74, 6) is -0.109. The van der Waals surface area contributed by atoms with Crippen LogP contribution >= 0.6 is 0 Å². The van der Waals surface area contributed by atoms with Gasteiger partial charge >= 0.3 is 0 Å². The molecule has 0 saturated carbocycles. The molecule has 1 aliphatic heterocycles. The largest absolute Gasteiger partial charge is 0.326 e. The van der Waals surface area contributed by atoms with Gasteiger partial charge < -0.3 is 5.32 Å². The molecule has 5 nitrogen and oxygen atoms in total. The van der Waals surface area contributed by atoms with E-state index in [0.717, 1.165) is 33.4 Å². The molecular formula is C30H28N2O3S. The molecule has 0 unspecified atom stereocenters. The van der Waals surface area contributed by atoms with Crippen LogP contribution < -0.4 is 5.32 Å². The number of fused-ring (bicyclic) bond motifs is 1. The third-order valence-corrected chi connectivity index (χ3v) is 8.41. The predicted molar refractivity (Wildman–Crippen MR) is 143 cm³/mol. The van der Waals surface area contributed by atoms with Crippen molar-refractivity contribution in [1.29, 1.82) is 0 Å². The molecule has 1 amide bonds. The lowest BCUT2D eigenvalue weighted by atomic mass is 10.0. The van der Waals surface area contributed by atoms with Crippen LogP contribution in [0.4, 0.5) is 5.69 Å². The monoisotopic (exact) mass is 496 g/mol. The smallest absolute Gasteiger partial charge is 0.243 e. The van der Waals surface area contributed by atoms with Crippen LogP contribution in [0.25, 0.3) is 11.1 Å². The molecule has 36 heavy (non-hydrogen) atoms. The molecule has 5 rings (SSSR count). The van der Waals surface area contributed by atoms with Crippen molar-refractivity contribution < 1.29 is 13.2 Å². The Kier molecular flexibility index (Phi) is 6.72. The lowest BCUT2D eigenvalue weighted by Gasteiger charge is -2.28. The van der Waals surface area contributed by atoms with E-state index in [2.05, 4.69) is 17.4 Å². The zero-order chi connectivity index (χ0) is 25.1. The van der Waals surface area contributed by atoms with E-state index in [1.165, 1.54) is 4.31 Å². The van der Waals surface area contributed by atoms with Crippen molar-refractivity contribution in [2.24, 2.45) is 0 Å². The van der Waals surface area contributed by atoms with E-state index in [0.29, 0.717) is 23.5 Å². The molecule has 1 N–H and O–H groups in total. The Labute approximate surface area is 212 Å². The highest BCUT2D eigenvalue weighted by molar-refractivity contribution is 7.89. The number of aryl methyl sites for hydroxylation is 1. The number of sulfonamides is 1. The van der Waals surface area contributed by atoms with Gasteiger partial charge in [0.2, 0.25) is 15.9 Å². The average molecular weight is 497 g/mol. The number of carbonyl (C=O) groups excluding carboxylic acids is 1. The maximum absolute atomic E-state index is 13.1. The van der Waals surface area contributed by atoms with Crippen LogP contribution in [-0.2, 0) is 34.2 Å². The molecule has 0 fully saturated rings. The quantitative estimate of drug-likeness (QED) is 0.378. The van der Waals surface area contributed by atoms with Gasteiger partial charge in [-0.15, -0.1) is 0 Å². The molecule has 1 aliphatic rings. The first-order chi connectivity index (χ1) is 17.4. The summed E-state index contributed by atoms with van der Waals surface area (Å²) >= 11 is 0. The van der Waals surface area contributed by atoms with Crippen LogP contribution in [-0.4, -0.2) is 25.2 Å². The normalized spacial score (nSPS) is 13.7. The van der Waals surface area contributed by atoms with E-state index < -0.39 is 10.0 Å². The Morgan fingerprint density at radius 1 is 0.833 bits per heavy atom. The van der Waals surface area contributed by atoms with Crippen LogP contribution in [0.2, 0.25) is 0 Å². The Morgan fingerprint density at radius 3 is 2.25 bits per heavy atom. The van der Waals surface area contributed by atoms with Crippen LogP contribution in [0.1, 0.15) is 22.3 Å². The van der Waals surface area contributed by atoms with Crippen LogP contribution in [0.5, 0.6) is 0 Å². The standard InChI is InChI=1S/C30H28N2O3S/c1-22-7-15-29(16-8-22)36(34,35)32-18-17-26-13-14-28(20-27(26)21-32)31-30(33)19-23-9-11-25(12-10-23)24-5-3-2-4-6-24/h2-16,20H,17-19,21H2,1H3,(H,31,33). The van der Waals surface area contributed by atoms with Gasteiger partial charge in [-0.1, -0.05) is 78.4 Å².